The molecule has 1 aliphatic heterocycles. The van der Waals surface area contributed by atoms with E-state index in [0.717, 1.165) is 19.3 Å². The second-order valence-corrected chi connectivity index (χ2v) is 6.13. The van der Waals surface area contributed by atoms with Gasteiger partial charge in [-0.25, -0.2) is 4.98 Å². The van der Waals surface area contributed by atoms with E-state index in [1.807, 2.05) is 9.80 Å². The minimum absolute atomic E-state index is 0.0885. The molecule has 2 aliphatic rings. The Balaban J connectivity index is 1.75. The van der Waals surface area contributed by atoms with Gasteiger partial charge in [0.15, 0.2) is 0 Å². The maximum absolute atomic E-state index is 12.1. The van der Waals surface area contributed by atoms with Crippen LogP contribution in [0.2, 0.25) is 5.02 Å². The summed E-state index contributed by atoms with van der Waals surface area (Å²) in [5.41, 5.74) is -0.0885. The Morgan fingerprint density at radius 3 is 2.77 bits per heavy atom. The molecular formula is C14H17ClN4O3. The molecule has 3 rings (SSSR count). The van der Waals surface area contributed by atoms with Crippen molar-refractivity contribution in [2.24, 2.45) is 5.92 Å². The van der Waals surface area contributed by atoms with Crippen molar-refractivity contribution < 1.29 is 9.72 Å². The zero-order valence-corrected chi connectivity index (χ0v) is 12.8. The third-order valence-corrected chi connectivity index (χ3v) is 4.25. The number of carbonyl (C=O) groups excluding carboxylic acids is 1. The molecule has 1 saturated carbocycles. The second kappa shape index (κ2) is 6.08. The predicted octanol–water partition coefficient (Wildman–Crippen LogP) is 2.09. The van der Waals surface area contributed by atoms with E-state index in [0.29, 0.717) is 32.0 Å². The Morgan fingerprint density at radius 1 is 1.32 bits per heavy atom. The quantitative estimate of drug-likeness (QED) is 0.628. The van der Waals surface area contributed by atoms with Crippen molar-refractivity contribution in [1.82, 2.24) is 9.88 Å². The van der Waals surface area contributed by atoms with E-state index in [1.54, 1.807) is 0 Å². The smallest absolute Gasteiger partial charge is 0.313 e. The molecule has 1 saturated heterocycles. The molecule has 0 spiro atoms. The van der Waals surface area contributed by atoms with Crippen LogP contribution in [0.1, 0.15) is 19.3 Å². The van der Waals surface area contributed by atoms with Crippen LogP contribution in [-0.4, -0.2) is 46.9 Å². The Hall–Kier alpha value is -1.89. The van der Waals surface area contributed by atoms with E-state index in [-0.39, 0.29) is 22.5 Å². The Morgan fingerprint density at radius 2 is 2.09 bits per heavy atom. The first-order valence-corrected chi connectivity index (χ1v) is 7.77. The van der Waals surface area contributed by atoms with Gasteiger partial charge in [-0.15, -0.1) is 0 Å². The molecule has 0 atom stereocenters. The van der Waals surface area contributed by atoms with E-state index in [4.69, 9.17) is 11.6 Å². The monoisotopic (exact) mass is 324 g/mol. The second-order valence-electron chi connectivity index (χ2n) is 5.69. The van der Waals surface area contributed by atoms with Gasteiger partial charge in [0.25, 0.3) is 0 Å². The van der Waals surface area contributed by atoms with Crippen molar-refractivity contribution in [2.45, 2.75) is 19.3 Å². The van der Waals surface area contributed by atoms with Crippen molar-refractivity contribution in [2.75, 3.05) is 31.1 Å². The van der Waals surface area contributed by atoms with Crippen LogP contribution in [0.3, 0.4) is 0 Å². The molecule has 118 valence electrons. The van der Waals surface area contributed by atoms with Gasteiger partial charge in [0.2, 0.25) is 11.7 Å². The van der Waals surface area contributed by atoms with E-state index >= 15 is 0 Å². The molecule has 0 aromatic carbocycles. The third-order valence-electron chi connectivity index (χ3n) is 4.04. The lowest BCUT2D eigenvalue weighted by atomic mass is 10.3. The molecule has 1 aliphatic carbocycles. The van der Waals surface area contributed by atoms with Crippen molar-refractivity contribution in [3.8, 4) is 0 Å². The molecule has 1 aromatic rings. The summed E-state index contributed by atoms with van der Waals surface area (Å²) in [5, 5.41) is 11.4. The van der Waals surface area contributed by atoms with Crippen LogP contribution in [0.15, 0.2) is 12.3 Å². The minimum atomic E-state index is -0.466. The fraction of sp³-hybridized carbons (Fsp3) is 0.571. The first-order valence-electron chi connectivity index (χ1n) is 7.40. The molecule has 1 aromatic heterocycles. The van der Waals surface area contributed by atoms with Crippen LogP contribution in [0.5, 0.6) is 0 Å². The van der Waals surface area contributed by atoms with E-state index < -0.39 is 4.92 Å². The van der Waals surface area contributed by atoms with E-state index in [1.165, 1.54) is 12.3 Å². The fourth-order valence-corrected chi connectivity index (χ4v) is 2.89. The number of nitrogens with zero attached hydrogens (tertiary/aromatic N) is 4. The number of aromatic nitrogens is 1. The average molecular weight is 325 g/mol. The first kappa shape index (κ1) is 15.0. The number of pyridine rings is 1. The van der Waals surface area contributed by atoms with Gasteiger partial charge in [0, 0.05) is 44.4 Å². The molecule has 7 nitrogen and oxygen atoms in total. The predicted molar refractivity (Wildman–Crippen MR) is 82.0 cm³/mol. The van der Waals surface area contributed by atoms with E-state index in [2.05, 4.69) is 4.98 Å². The van der Waals surface area contributed by atoms with Gasteiger partial charge < -0.3 is 9.80 Å². The van der Waals surface area contributed by atoms with Crippen LogP contribution in [0, 0.1) is 16.0 Å². The van der Waals surface area contributed by atoms with Gasteiger partial charge in [-0.05, 0) is 19.3 Å². The van der Waals surface area contributed by atoms with Crippen LogP contribution >= 0.6 is 11.6 Å². The van der Waals surface area contributed by atoms with Crippen molar-refractivity contribution in [1.29, 1.82) is 0 Å². The van der Waals surface area contributed by atoms with Crippen LogP contribution in [0.25, 0.3) is 0 Å². The SMILES string of the molecule is O=C(C1CC1)N1CCCN(c2ncc(Cl)cc2[N+](=O)[O-])CC1. The van der Waals surface area contributed by atoms with E-state index in [9.17, 15) is 14.9 Å². The highest BCUT2D eigenvalue weighted by molar-refractivity contribution is 6.30. The summed E-state index contributed by atoms with van der Waals surface area (Å²) >= 11 is 5.80. The summed E-state index contributed by atoms with van der Waals surface area (Å²) in [4.78, 5) is 30.7. The highest BCUT2D eigenvalue weighted by Crippen LogP contribution is 2.32. The van der Waals surface area contributed by atoms with Crippen LogP contribution in [-0.2, 0) is 4.79 Å². The maximum Gasteiger partial charge on any atom is 0.313 e. The zero-order valence-electron chi connectivity index (χ0n) is 12.1. The number of hydrogen-bond acceptors (Lipinski definition) is 5. The molecule has 2 fully saturated rings. The summed E-state index contributed by atoms with van der Waals surface area (Å²) in [6.07, 6.45) is 4.17. The number of rotatable bonds is 3. The summed E-state index contributed by atoms with van der Waals surface area (Å²) in [6.45, 7) is 2.47. The van der Waals surface area contributed by atoms with Crippen molar-refractivity contribution in [3.05, 3.63) is 27.4 Å². The highest BCUT2D eigenvalue weighted by Gasteiger charge is 2.34. The number of carbonyl (C=O) groups is 1. The summed E-state index contributed by atoms with van der Waals surface area (Å²) in [7, 11) is 0. The fourth-order valence-electron chi connectivity index (χ4n) is 2.74. The van der Waals surface area contributed by atoms with Gasteiger partial charge in [-0.3, -0.25) is 14.9 Å². The highest BCUT2D eigenvalue weighted by atomic mass is 35.5. The van der Waals surface area contributed by atoms with Gasteiger partial charge in [0.05, 0.1) is 9.95 Å². The largest absolute Gasteiger partial charge is 0.349 e. The number of nitro groups is 1. The summed E-state index contributed by atoms with van der Waals surface area (Å²) < 4.78 is 0. The molecule has 0 N–H and O–H groups in total. The lowest BCUT2D eigenvalue weighted by Gasteiger charge is -2.22. The zero-order chi connectivity index (χ0) is 15.7. The van der Waals surface area contributed by atoms with Gasteiger partial charge in [0.1, 0.15) is 0 Å². The van der Waals surface area contributed by atoms with Gasteiger partial charge >= 0.3 is 5.69 Å². The van der Waals surface area contributed by atoms with Crippen LogP contribution < -0.4 is 4.90 Å². The maximum atomic E-state index is 12.1. The van der Waals surface area contributed by atoms with Crippen molar-refractivity contribution in [3.63, 3.8) is 0 Å². The molecule has 1 amide bonds. The molecule has 22 heavy (non-hydrogen) atoms. The van der Waals surface area contributed by atoms with Gasteiger partial charge in [-0.2, -0.15) is 0 Å². The Labute approximate surface area is 133 Å². The molecular weight excluding hydrogens is 308 g/mol. The van der Waals surface area contributed by atoms with Gasteiger partial charge in [-0.1, -0.05) is 11.6 Å². The lowest BCUT2D eigenvalue weighted by molar-refractivity contribution is -0.384. The molecule has 0 bridgehead atoms. The lowest BCUT2D eigenvalue weighted by Crippen LogP contribution is -2.36. The standard InChI is InChI=1S/C14H17ClN4O3/c15-11-8-12(19(21)22)13(16-9-11)17-4-1-5-18(7-6-17)14(20)10-2-3-10/h8-10H,1-7H2. The number of amides is 1. The normalized spacial score (nSPS) is 19.0. The summed E-state index contributed by atoms with van der Waals surface area (Å²) in [6, 6.07) is 1.32. The molecule has 0 radical (unpaired) electrons. The number of hydrogen-bond donors (Lipinski definition) is 0. The van der Waals surface area contributed by atoms with Crippen molar-refractivity contribution >= 4 is 29.0 Å². The Kier molecular flexibility index (Phi) is 4.15. The Bertz CT molecular complexity index is 606. The molecule has 8 heteroatoms. The number of anilines is 1. The van der Waals surface area contributed by atoms with Crippen LogP contribution in [0.4, 0.5) is 11.5 Å². The topological polar surface area (TPSA) is 79.6 Å². The molecule has 2 heterocycles. The minimum Gasteiger partial charge on any atom is -0.349 e. The number of halogens is 1. The first-order chi connectivity index (χ1) is 10.6. The third kappa shape index (κ3) is 3.14. The molecule has 0 unspecified atom stereocenters. The average Bonchev–Trinajstić information content (AvgIpc) is 3.33. The summed E-state index contributed by atoms with van der Waals surface area (Å²) in [5.74, 6) is 0.755.